The number of hydrogen-bond donors (Lipinski definition) is 1. The van der Waals surface area contributed by atoms with Crippen LogP contribution in [0.5, 0.6) is 0 Å². The van der Waals surface area contributed by atoms with E-state index < -0.39 is 6.10 Å². The average Bonchev–Trinajstić information content (AvgIpc) is 3.01. The number of benzene rings is 2. The van der Waals surface area contributed by atoms with Gasteiger partial charge in [0, 0.05) is 11.3 Å². The van der Waals surface area contributed by atoms with Gasteiger partial charge in [-0.3, -0.25) is 0 Å². The van der Waals surface area contributed by atoms with Crippen LogP contribution in [-0.2, 0) is 14.7 Å². The highest BCUT2D eigenvalue weighted by Crippen LogP contribution is 2.43. The van der Waals surface area contributed by atoms with Crippen molar-refractivity contribution in [3.63, 3.8) is 0 Å². The van der Waals surface area contributed by atoms with E-state index in [0.29, 0.717) is 0 Å². The van der Waals surface area contributed by atoms with E-state index in [9.17, 15) is 5.11 Å². The Kier molecular flexibility index (Phi) is 7.58. The fourth-order valence-electron chi connectivity index (χ4n) is 5.46. The summed E-state index contributed by atoms with van der Waals surface area (Å²) in [4.78, 5) is 0. The summed E-state index contributed by atoms with van der Waals surface area (Å²) in [5, 5.41) is 10.4. The van der Waals surface area contributed by atoms with Crippen LogP contribution in [0.15, 0.2) is 49.1 Å². The van der Waals surface area contributed by atoms with Gasteiger partial charge >= 0.3 is 7.12 Å². The Morgan fingerprint density at radius 2 is 1.62 bits per heavy atom. The van der Waals surface area contributed by atoms with Gasteiger partial charge in [-0.2, -0.15) is 0 Å². The normalized spacial score (nSPS) is 19.2. The minimum absolute atomic E-state index is 0.00338. The third kappa shape index (κ3) is 4.41. The zero-order valence-corrected chi connectivity index (χ0v) is 22.7. The molecule has 2 aromatic rings. The Morgan fingerprint density at radius 3 is 2.12 bits per heavy atom. The largest absolute Gasteiger partial charge is 0.495 e. The van der Waals surface area contributed by atoms with Crippen LogP contribution in [-0.4, -0.2) is 29.5 Å². The molecule has 0 saturated carbocycles. The number of hydrogen-bond acceptors (Lipinski definition) is 3. The smallest absolute Gasteiger partial charge is 0.399 e. The van der Waals surface area contributed by atoms with Gasteiger partial charge in [0.1, 0.15) is 0 Å². The maximum absolute atomic E-state index is 10.4. The predicted molar refractivity (Wildman–Crippen MR) is 144 cm³/mol. The minimum atomic E-state index is -0.562. The Labute approximate surface area is 207 Å². The van der Waals surface area contributed by atoms with E-state index in [-0.39, 0.29) is 29.7 Å². The van der Waals surface area contributed by atoms with Crippen LogP contribution in [0.2, 0.25) is 0 Å². The molecule has 4 heteroatoms. The summed E-state index contributed by atoms with van der Waals surface area (Å²) in [6, 6.07) is 13.3. The van der Waals surface area contributed by atoms with Gasteiger partial charge in [0.2, 0.25) is 0 Å². The molecule has 0 aromatic heterocycles. The summed E-state index contributed by atoms with van der Waals surface area (Å²) in [5.41, 5.74) is 6.54. The Morgan fingerprint density at radius 1 is 1.03 bits per heavy atom. The first-order valence-electron chi connectivity index (χ1n) is 12.7. The molecule has 1 fully saturated rings. The third-order valence-corrected chi connectivity index (χ3v) is 8.67. The summed E-state index contributed by atoms with van der Waals surface area (Å²) in [5.74, 6) is -0.00338. The first-order valence-corrected chi connectivity index (χ1v) is 12.7. The van der Waals surface area contributed by atoms with E-state index in [0.717, 1.165) is 18.3 Å². The summed E-state index contributed by atoms with van der Waals surface area (Å²) >= 11 is 0. The van der Waals surface area contributed by atoms with E-state index >= 15 is 0 Å². The van der Waals surface area contributed by atoms with E-state index in [1.165, 1.54) is 27.8 Å². The zero-order chi connectivity index (χ0) is 25.5. The Hall–Kier alpha value is -1.88. The Bertz CT molecular complexity index is 1020. The van der Waals surface area contributed by atoms with Crippen molar-refractivity contribution >= 4 is 12.6 Å². The number of aliphatic hydroxyl groups is 1. The van der Waals surface area contributed by atoms with Crippen molar-refractivity contribution in [3.05, 3.63) is 76.9 Å². The lowest BCUT2D eigenvalue weighted by Gasteiger charge is -2.36. The van der Waals surface area contributed by atoms with Gasteiger partial charge in [0.05, 0.1) is 17.3 Å². The van der Waals surface area contributed by atoms with Crippen LogP contribution >= 0.6 is 0 Å². The van der Waals surface area contributed by atoms with Gasteiger partial charge in [-0.25, -0.2) is 0 Å². The van der Waals surface area contributed by atoms with Crippen molar-refractivity contribution in [2.75, 3.05) is 0 Å². The van der Waals surface area contributed by atoms with Crippen molar-refractivity contribution in [3.8, 4) is 0 Å². The molecule has 1 aliphatic rings. The summed E-state index contributed by atoms with van der Waals surface area (Å²) in [6.45, 7) is 23.1. The van der Waals surface area contributed by atoms with E-state index in [1.54, 1.807) is 6.08 Å². The van der Waals surface area contributed by atoms with Gasteiger partial charge in [0.25, 0.3) is 0 Å². The summed E-state index contributed by atoms with van der Waals surface area (Å²) < 4.78 is 12.7. The fraction of sp³-hybridized carbons (Fsp3) is 0.533. The molecule has 3 nitrogen and oxygen atoms in total. The molecule has 0 aliphatic carbocycles. The van der Waals surface area contributed by atoms with E-state index in [2.05, 4.69) is 105 Å². The topological polar surface area (TPSA) is 38.7 Å². The monoisotopic (exact) mass is 462 g/mol. The summed E-state index contributed by atoms with van der Waals surface area (Å²) in [7, 11) is -0.358. The molecule has 1 saturated heterocycles. The molecule has 0 bridgehead atoms. The average molecular weight is 462 g/mol. The molecule has 0 spiro atoms. The molecular formula is C30H43BO3. The maximum Gasteiger partial charge on any atom is 0.495 e. The second-order valence-corrected chi connectivity index (χ2v) is 11.0. The molecule has 2 aromatic carbocycles. The van der Waals surface area contributed by atoms with Gasteiger partial charge in [-0.1, -0.05) is 68.8 Å². The van der Waals surface area contributed by atoms with Crippen LogP contribution < -0.4 is 5.46 Å². The van der Waals surface area contributed by atoms with Crippen LogP contribution in [0.3, 0.4) is 0 Å². The van der Waals surface area contributed by atoms with Crippen molar-refractivity contribution in [1.29, 1.82) is 0 Å². The highest BCUT2D eigenvalue weighted by Gasteiger charge is 2.52. The number of rotatable bonds is 8. The Balaban J connectivity index is 2.07. The highest BCUT2D eigenvalue weighted by atomic mass is 16.7. The molecule has 1 heterocycles. The lowest BCUT2D eigenvalue weighted by atomic mass is 9.66. The molecular weight excluding hydrogens is 419 g/mol. The molecule has 0 radical (unpaired) electrons. The number of aliphatic hydroxyl groups excluding tert-OH is 1. The molecule has 184 valence electrons. The quantitative estimate of drug-likeness (QED) is 0.367. The summed E-state index contributed by atoms with van der Waals surface area (Å²) in [6.07, 6.45) is 3.04. The SMILES string of the molecule is C=CC(O)C(C)c1cccc(C(CC)(CC)c2ccc(B3OC(C)(C)C(C)(C)O3)c(C)c2)c1C. The minimum Gasteiger partial charge on any atom is -0.399 e. The van der Waals surface area contributed by atoms with Crippen molar-refractivity contribution in [1.82, 2.24) is 0 Å². The van der Waals surface area contributed by atoms with Crippen molar-refractivity contribution in [2.45, 2.75) is 104 Å². The van der Waals surface area contributed by atoms with Crippen molar-refractivity contribution in [2.24, 2.45) is 0 Å². The van der Waals surface area contributed by atoms with Gasteiger partial charge in [-0.15, -0.1) is 6.58 Å². The first kappa shape index (κ1) is 26.7. The second kappa shape index (κ2) is 9.64. The molecule has 1 aliphatic heterocycles. The molecule has 2 unspecified atom stereocenters. The molecule has 1 N–H and O–H groups in total. The van der Waals surface area contributed by atoms with E-state index in [1.807, 2.05) is 0 Å². The van der Waals surface area contributed by atoms with Gasteiger partial charge in [0.15, 0.2) is 0 Å². The van der Waals surface area contributed by atoms with Gasteiger partial charge in [-0.05, 0) is 82.1 Å². The number of aryl methyl sites for hydroxylation is 1. The van der Waals surface area contributed by atoms with Crippen LogP contribution in [0.1, 0.15) is 95.0 Å². The van der Waals surface area contributed by atoms with Crippen LogP contribution in [0.25, 0.3) is 0 Å². The van der Waals surface area contributed by atoms with Crippen molar-refractivity contribution < 1.29 is 14.4 Å². The molecule has 34 heavy (non-hydrogen) atoms. The predicted octanol–water partition coefficient (Wildman–Crippen LogP) is 6.36. The standard InChI is InChI=1S/C30H43BO3/c1-11-27(32)22(6)24-15-14-16-25(21(24)5)30(12-2,13-3)23-17-18-26(20(4)19-23)31-33-28(7,8)29(9,10)34-31/h11,14-19,22,27,32H,1,12-13H2,2-10H3. The third-order valence-electron chi connectivity index (χ3n) is 8.67. The fourth-order valence-corrected chi connectivity index (χ4v) is 5.46. The highest BCUT2D eigenvalue weighted by molar-refractivity contribution is 6.62. The molecule has 2 atom stereocenters. The van der Waals surface area contributed by atoms with Crippen LogP contribution in [0.4, 0.5) is 0 Å². The lowest BCUT2D eigenvalue weighted by molar-refractivity contribution is 0.00578. The van der Waals surface area contributed by atoms with E-state index in [4.69, 9.17) is 9.31 Å². The molecule has 3 rings (SSSR count). The van der Waals surface area contributed by atoms with Gasteiger partial charge < -0.3 is 14.4 Å². The maximum atomic E-state index is 10.4. The lowest BCUT2D eigenvalue weighted by Crippen LogP contribution is -2.41. The zero-order valence-electron chi connectivity index (χ0n) is 22.7. The van der Waals surface area contributed by atoms with Crippen LogP contribution in [0, 0.1) is 13.8 Å². The second-order valence-electron chi connectivity index (χ2n) is 11.0. The first-order chi connectivity index (χ1) is 15.8. The molecule has 0 amide bonds.